The van der Waals surface area contributed by atoms with E-state index in [2.05, 4.69) is 38.6 Å². The van der Waals surface area contributed by atoms with Crippen LogP contribution >= 0.6 is 12.6 Å². The van der Waals surface area contributed by atoms with Gasteiger partial charge in [0.2, 0.25) is 0 Å². The molecular weight excluding hydrogens is 232 g/mol. The van der Waals surface area contributed by atoms with Crippen molar-refractivity contribution in [2.45, 2.75) is 26.2 Å². The maximum atomic E-state index is 5.57. The fraction of sp³-hybridized carbons (Fsp3) is 0.571. The van der Waals surface area contributed by atoms with Crippen LogP contribution in [0.25, 0.3) is 0 Å². The molecule has 1 aromatic carbocycles. The van der Waals surface area contributed by atoms with Crippen LogP contribution in [0.15, 0.2) is 24.3 Å². The molecule has 96 valence electrons. The van der Waals surface area contributed by atoms with Crippen molar-refractivity contribution in [2.75, 3.05) is 25.6 Å². The Labute approximate surface area is 110 Å². The van der Waals surface area contributed by atoms with Crippen LogP contribution in [0.4, 0.5) is 0 Å². The van der Waals surface area contributed by atoms with Crippen molar-refractivity contribution in [3.63, 3.8) is 0 Å². The van der Waals surface area contributed by atoms with Crippen LogP contribution in [-0.4, -0.2) is 25.6 Å². The fourth-order valence-electron chi connectivity index (χ4n) is 1.51. The molecule has 3 heteroatoms. The monoisotopic (exact) mass is 254 g/mol. The summed E-state index contributed by atoms with van der Waals surface area (Å²) in [7, 11) is 0. The Morgan fingerprint density at radius 1 is 1.12 bits per heavy atom. The van der Waals surface area contributed by atoms with Gasteiger partial charge in [-0.15, -0.1) is 0 Å². The van der Waals surface area contributed by atoms with Crippen molar-refractivity contribution in [1.82, 2.24) is 0 Å². The average Bonchev–Trinajstić information content (AvgIpc) is 2.38. The smallest absolute Gasteiger partial charge is 0.119 e. The number of hydrogen-bond donors (Lipinski definition) is 1. The molecule has 0 fully saturated rings. The van der Waals surface area contributed by atoms with Gasteiger partial charge in [0, 0.05) is 5.75 Å². The van der Waals surface area contributed by atoms with Crippen LogP contribution in [0.2, 0.25) is 0 Å². The summed E-state index contributed by atoms with van der Waals surface area (Å²) in [4.78, 5) is 0. The van der Waals surface area contributed by atoms with E-state index in [-0.39, 0.29) is 0 Å². The molecule has 1 unspecified atom stereocenters. The van der Waals surface area contributed by atoms with Crippen LogP contribution in [-0.2, 0) is 4.74 Å². The molecule has 17 heavy (non-hydrogen) atoms. The first-order chi connectivity index (χ1) is 8.27. The summed E-state index contributed by atoms with van der Waals surface area (Å²) in [6.07, 6.45) is 1.16. The molecule has 0 radical (unpaired) electrons. The quantitative estimate of drug-likeness (QED) is 0.565. The van der Waals surface area contributed by atoms with Crippen LogP contribution in [0, 0.1) is 0 Å². The zero-order valence-corrected chi connectivity index (χ0v) is 11.6. The van der Waals surface area contributed by atoms with Gasteiger partial charge in [-0.25, -0.2) is 0 Å². The lowest BCUT2D eigenvalue weighted by atomic mass is 9.99. The van der Waals surface area contributed by atoms with Gasteiger partial charge in [-0.1, -0.05) is 26.0 Å². The lowest BCUT2D eigenvalue weighted by Crippen LogP contribution is -2.08. The molecule has 0 spiro atoms. The lowest BCUT2D eigenvalue weighted by molar-refractivity contribution is 0.112. The highest BCUT2D eigenvalue weighted by Crippen LogP contribution is 2.21. The minimum Gasteiger partial charge on any atom is -0.491 e. The summed E-state index contributed by atoms with van der Waals surface area (Å²) in [5.41, 5.74) is 1.37. The number of hydrogen-bond acceptors (Lipinski definition) is 3. The van der Waals surface area contributed by atoms with E-state index in [9.17, 15) is 0 Å². The molecule has 0 aliphatic heterocycles. The van der Waals surface area contributed by atoms with E-state index >= 15 is 0 Å². The van der Waals surface area contributed by atoms with Gasteiger partial charge in [0.05, 0.1) is 13.2 Å². The zero-order chi connectivity index (χ0) is 12.5. The molecule has 1 rings (SSSR count). The molecule has 0 aromatic heterocycles. The number of ether oxygens (including phenoxy) is 2. The van der Waals surface area contributed by atoms with Crippen molar-refractivity contribution in [3.05, 3.63) is 29.8 Å². The molecule has 1 atom stereocenters. The van der Waals surface area contributed by atoms with E-state index in [4.69, 9.17) is 9.47 Å². The predicted molar refractivity (Wildman–Crippen MR) is 75.3 cm³/mol. The van der Waals surface area contributed by atoms with Gasteiger partial charge in [-0.3, -0.25) is 0 Å². The summed E-state index contributed by atoms with van der Waals surface area (Å²) in [5, 5.41) is 0. The van der Waals surface area contributed by atoms with Crippen molar-refractivity contribution in [3.8, 4) is 5.75 Å². The third-order valence-corrected chi connectivity index (χ3v) is 2.98. The highest BCUT2D eigenvalue weighted by molar-refractivity contribution is 7.80. The molecular formula is C14H22O2S. The SMILES string of the molecule is CCC(C)c1ccc(OCCOCCS)cc1. The molecule has 0 amide bonds. The van der Waals surface area contributed by atoms with Crippen molar-refractivity contribution in [1.29, 1.82) is 0 Å². The van der Waals surface area contributed by atoms with E-state index in [1.54, 1.807) is 0 Å². The van der Waals surface area contributed by atoms with Gasteiger partial charge in [-0.05, 0) is 30.0 Å². The molecule has 0 bridgehead atoms. The van der Waals surface area contributed by atoms with Crippen molar-refractivity contribution in [2.24, 2.45) is 0 Å². The third-order valence-electron chi connectivity index (χ3n) is 2.79. The Morgan fingerprint density at radius 2 is 1.82 bits per heavy atom. The molecule has 0 heterocycles. The Bertz CT molecular complexity index is 298. The van der Waals surface area contributed by atoms with Crippen LogP contribution < -0.4 is 4.74 Å². The van der Waals surface area contributed by atoms with Gasteiger partial charge in [0.1, 0.15) is 12.4 Å². The molecule has 0 aliphatic carbocycles. The molecule has 0 saturated heterocycles. The third kappa shape index (κ3) is 5.46. The van der Waals surface area contributed by atoms with E-state index in [0.29, 0.717) is 25.7 Å². The molecule has 0 N–H and O–H groups in total. The van der Waals surface area contributed by atoms with Gasteiger partial charge >= 0.3 is 0 Å². The van der Waals surface area contributed by atoms with E-state index in [0.717, 1.165) is 17.9 Å². The molecule has 2 nitrogen and oxygen atoms in total. The minimum absolute atomic E-state index is 0.594. The normalized spacial score (nSPS) is 12.4. The first-order valence-electron chi connectivity index (χ1n) is 6.19. The van der Waals surface area contributed by atoms with Crippen LogP contribution in [0.1, 0.15) is 31.7 Å². The van der Waals surface area contributed by atoms with Crippen molar-refractivity contribution < 1.29 is 9.47 Å². The van der Waals surface area contributed by atoms with Crippen molar-refractivity contribution >= 4 is 12.6 Å². The van der Waals surface area contributed by atoms with Gasteiger partial charge in [-0.2, -0.15) is 12.6 Å². The summed E-state index contributed by atoms with van der Waals surface area (Å²) in [5.74, 6) is 2.28. The van der Waals surface area contributed by atoms with Gasteiger partial charge in [0.15, 0.2) is 0 Å². The highest BCUT2D eigenvalue weighted by atomic mass is 32.1. The maximum absolute atomic E-state index is 5.57. The molecule has 1 aromatic rings. The molecule has 0 aliphatic rings. The Morgan fingerprint density at radius 3 is 2.41 bits per heavy atom. The van der Waals surface area contributed by atoms with E-state index < -0.39 is 0 Å². The second-order valence-electron chi connectivity index (χ2n) is 4.06. The van der Waals surface area contributed by atoms with Gasteiger partial charge < -0.3 is 9.47 Å². The second kappa shape index (κ2) is 8.43. The highest BCUT2D eigenvalue weighted by Gasteiger charge is 2.02. The van der Waals surface area contributed by atoms with Gasteiger partial charge in [0.25, 0.3) is 0 Å². The predicted octanol–water partition coefficient (Wildman–Crippen LogP) is 3.53. The minimum atomic E-state index is 0.594. The molecule has 0 saturated carbocycles. The van der Waals surface area contributed by atoms with Crippen LogP contribution in [0.3, 0.4) is 0 Å². The summed E-state index contributed by atoms with van der Waals surface area (Å²) in [6.45, 7) is 6.33. The average molecular weight is 254 g/mol. The summed E-state index contributed by atoms with van der Waals surface area (Å²) in [6, 6.07) is 8.33. The first kappa shape index (κ1) is 14.4. The Kier molecular flexibility index (Phi) is 7.13. The largest absolute Gasteiger partial charge is 0.491 e. The second-order valence-corrected chi connectivity index (χ2v) is 4.51. The lowest BCUT2D eigenvalue weighted by Gasteiger charge is -2.10. The van der Waals surface area contributed by atoms with Crippen LogP contribution in [0.5, 0.6) is 5.75 Å². The summed E-state index contributed by atoms with van der Waals surface area (Å²) >= 11 is 4.07. The van der Waals surface area contributed by atoms with E-state index in [1.165, 1.54) is 5.56 Å². The Balaban J connectivity index is 2.30. The first-order valence-corrected chi connectivity index (χ1v) is 6.82. The number of thiol groups is 1. The number of rotatable bonds is 8. The zero-order valence-electron chi connectivity index (χ0n) is 10.7. The fourth-order valence-corrected chi connectivity index (χ4v) is 1.64. The number of benzene rings is 1. The summed E-state index contributed by atoms with van der Waals surface area (Å²) < 4.78 is 10.9. The topological polar surface area (TPSA) is 18.5 Å². The Hall–Kier alpha value is -0.670. The maximum Gasteiger partial charge on any atom is 0.119 e. The van der Waals surface area contributed by atoms with E-state index in [1.807, 2.05) is 12.1 Å². The standard InChI is InChI=1S/C14H22O2S/c1-3-12(2)13-4-6-14(7-5-13)16-9-8-15-10-11-17/h4-7,12,17H,3,8-11H2,1-2H3.